The summed E-state index contributed by atoms with van der Waals surface area (Å²) in [5, 5.41) is 0. The molecule has 0 spiro atoms. The maximum atomic E-state index is 10.6. The van der Waals surface area contributed by atoms with Gasteiger partial charge in [-0.15, -0.1) is 0 Å². The van der Waals surface area contributed by atoms with Gasteiger partial charge < -0.3 is 0 Å². The molecule has 0 heterocycles. The third-order valence-corrected chi connectivity index (χ3v) is 0.934. The monoisotopic (exact) mass is 264 g/mol. The Morgan fingerprint density at radius 3 is 1.69 bits per heavy atom. The van der Waals surface area contributed by atoms with Crippen LogP contribution in [-0.4, -0.2) is 5.78 Å². The van der Waals surface area contributed by atoms with Gasteiger partial charge in [-0.05, 0) is 13.0 Å². The molecule has 0 amide bonds. The second-order valence-corrected chi connectivity index (χ2v) is 1.70. The number of rotatable bonds is 3. The van der Waals surface area contributed by atoms with Gasteiger partial charge in [0.25, 0.3) is 0 Å². The van der Waals surface area contributed by atoms with E-state index >= 15 is 0 Å². The van der Waals surface area contributed by atoms with Crippen molar-refractivity contribution >= 4 is 5.78 Å². The number of carbonyl (C=O) groups is 1. The SMILES string of the molecule is CC=CC=CC(=O)CC.[C-]#[O+].[C-]#[O+].[C-]#[O+].[Fe]. The first kappa shape index (κ1) is 29.4. The van der Waals surface area contributed by atoms with Crippen LogP contribution in [0, 0.1) is 20.0 Å². The summed E-state index contributed by atoms with van der Waals surface area (Å²) in [6, 6.07) is 0. The summed E-state index contributed by atoms with van der Waals surface area (Å²) in [5.74, 6) is 0.174. The average molecular weight is 264 g/mol. The fourth-order valence-electron chi connectivity index (χ4n) is 0.392. The van der Waals surface area contributed by atoms with E-state index < -0.39 is 0 Å². The second kappa shape index (κ2) is 48.6. The molecule has 0 aliphatic carbocycles. The third-order valence-electron chi connectivity index (χ3n) is 0.934. The maximum Gasteiger partial charge on any atom is 0 e. The molecule has 0 N–H and O–H groups in total. The zero-order valence-corrected chi connectivity index (χ0v) is 10.1. The summed E-state index contributed by atoms with van der Waals surface area (Å²) >= 11 is 0. The quantitative estimate of drug-likeness (QED) is 0.252. The van der Waals surface area contributed by atoms with Crippen molar-refractivity contribution in [3.63, 3.8) is 0 Å². The molecule has 4 nitrogen and oxygen atoms in total. The number of carbonyl (C=O) groups excluding carboxylic acids is 1. The van der Waals surface area contributed by atoms with Crippen LogP contribution in [0.25, 0.3) is 0 Å². The molecule has 0 atom stereocenters. The van der Waals surface area contributed by atoms with Gasteiger partial charge in [-0.2, -0.15) is 0 Å². The van der Waals surface area contributed by atoms with E-state index in [9.17, 15) is 4.79 Å². The predicted molar refractivity (Wildman–Crippen MR) is 51.0 cm³/mol. The van der Waals surface area contributed by atoms with E-state index in [0.29, 0.717) is 6.42 Å². The Labute approximate surface area is 106 Å². The van der Waals surface area contributed by atoms with Gasteiger partial charge in [0.1, 0.15) is 0 Å². The Morgan fingerprint density at radius 2 is 1.44 bits per heavy atom. The number of allylic oxidation sites excluding steroid dienone is 4. The van der Waals surface area contributed by atoms with E-state index in [1.165, 1.54) is 0 Å². The fourth-order valence-corrected chi connectivity index (χ4v) is 0.392. The van der Waals surface area contributed by atoms with Crippen molar-refractivity contribution in [3.05, 3.63) is 44.3 Å². The minimum absolute atomic E-state index is 0. The molecule has 5 heteroatoms. The first-order chi connectivity index (χ1) is 7.31. The van der Waals surface area contributed by atoms with Crippen LogP contribution in [0.5, 0.6) is 0 Å². The van der Waals surface area contributed by atoms with E-state index in [-0.39, 0.29) is 22.9 Å². The summed E-state index contributed by atoms with van der Waals surface area (Å²) < 4.78 is 22.5. The van der Waals surface area contributed by atoms with Crippen molar-refractivity contribution in [3.8, 4) is 0 Å². The van der Waals surface area contributed by atoms with Gasteiger partial charge in [-0.1, -0.05) is 25.2 Å². The minimum atomic E-state index is 0. The molecule has 0 aliphatic rings. The van der Waals surface area contributed by atoms with Gasteiger partial charge in [0.05, 0.1) is 0 Å². The molecule has 0 unspecified atom stereocenters. The van der Waals surface area contributed by atoms with E-state index in [1.807, 2.05) is 26.0 Å². The van der Waals surface area contributed by atoms with Crippen molar-refractivity contribution in [2.75, 3.05) is 0 Å². The third kappa shape index (κ3) is 52.5. The van der Waals surface area contributed by atoms with E-state index in [4.69, 9.17) is 14.0 Å². The van der Waals surface area contributed by atoms with Crippen LogP contribution in [-0.2, 0) is 35.8 Å². The molecule has 16 heavy (non-hydrogen) atoms. The Morgan fingerprint density at radius 1 is 1.06 bits per heavy atom. The molecule has 0 aromatic carbocycles. The molecule has 0 saturated carbocycles. The number of ketones is 1. The zero-order chi connectivity index (χ0) is 13.1. The van der Waals surface area contributed by atoms with E-state index in [0.717, 1.165) is 0 Å². The fraction of sp³-hybridized carbons (Fsp3) is 0.273. The summed E-state index contributed by atoms with van der Waals surface area (Å²) in [7, 11) is 0. The second-order valence-electron chi connectivity index (χ2n) is 1.70. The maximum absolute atomic E-state index is 10.6. The van der Waals surface area contributed by atoms with Gasteiger partial charge in [-0.25, -0.2) is 0 Å². The molecule has 0 fully saturated rings. The van der Waals surface area contributed by atoms with E-state index in [2.05, 4.69) is 20.0 Å². The molecule has 0 aliphatic heterocycles. The van der Waals surface area contributed by atoms with Gasteiger partial charge >= 0.3 is 33.9 Å². The van der Waals surface area contributed by atoms with Gasteiger partial charge in [0.2, 0.25) is 0 Å². The Hall–Kier alpha value is -1.11. The molecule has 0 radical (unpaired) electrons. The van der Waals surface area contributed by atoms with Crippen molar-refractivity contribution in [2.24, 2.45) is 0 Å². The van der Waals surface area contributed by atoms with Gasteiger partial charge in [0.15, 0.2) is 5.78 Å². The molecule has 0 aromatic rings. The largest absolute Gasteiger partial charge is 0 e. The molecular weight excluding hydrogens is 252 g/mol. The van der Waals surface area contributed by atoms with Crippen LogP contribution in [0.15, 0.2) is 24.3 Å². The van der Waals surface area contributed by atoms with Gasteiger partial charge in [-0.3, -0.25) is 4.79 Å². The molecule has 88 valence electrons. The first-order valence-electron chi connectivity index (χ1n) is 3.74. The number of hydrogen-bond acceptors (Lipinski definition) is 1. The minimum Gasteiger partial charge on any atom is 0 e. The first-order valence-corrected chi connectivity index (χ1v) is 3.74. The molecule has 0 bridgehead atoms. The molecule has 0 rings (SSSR count). The van der Waals surface area contributed by atoms with Crippen molar-refractivity contribution in [1.29, 1.82) is 0 Å². The van der Waals surface area contributed by atoms with Gasteiger partial charge in [0, 0.05) is 23.5 Å². The summed E-state index contributed by atoms with van der Waals surface area (Å²) in [4.78, 5) is 10.6. The van der Waals surface area contributed by atoms with Crippen LogP contribution in [0.1, 0.15) is 20.3 Å². The summed E-state index contributed by atoms with van der Waals surface area (Å²) in [6.07, 6.45) is 7.66. The number of hydrogen-bond donors (Lipinski definition) is 0. The summed E-state index contributed by atoms with van der Waals surface area (Å²) in [5.41, 5.74) is 0. The van der Waals surface area contributed by atoms with Crippen LogP contribution in [0.4, 0.5) is 0 Å². The Kier molecular flexibility index (Phi) is 89.2. The smallest absolute Gasteiger partial charge is 0 e. The average Bonchev–Trinajstić information content (AvgIpc) is 2.36. The zero-order valence-electron chi connectivity index (χ0n) is 9.00. The summed E-state index contributed by atoms with van der Waals surface area (Å²) in [6.45, 7) is 17.3. The van der Waals surface area contributed by atoms with Crippen LogP contribution in [0.3, 0.4) is 0 Å². The Balaban J connectivity index is -0.0000000498. The van der Waals surface area contributed by atoms with Crippen LogP contribution < -0.4 is 0 Å². The topological polar surface area (TPSA) is 76.8 Å². The van der Waals surface area contributed by atoms with Crippen molar-refractivity contribution in [1.82, 2.24) is 0 Å². The molecule has 0 aromatic heterocycles. The van der Waals surface area contributed by atoms with Crippen LogP contribution >= 0.6 is 0 Å². The van der Waals surface area contributed by atoms with Crippen molar-refractivity contribution < 1.29 is 35.8 Å². The molecule has 0 saturated heterocycles. The normalized spacial score (nSPS) is 6.75. The van der Waals surface area contributed by atoms with Crippen molar-refractivity contribution in [2.45, 2.75) is 20.3 Å². The Bertz CT molecular complexity index is 222. The standard InChI is InChI=1S/C8H12O.3CO.Fe/c1-3-5-6-7-8(9)4-2;3*1-2;/h3,5-7H,4H2,1-2H3;;;;. The molecular formula is C11H12FeO4. The predicted octanol–water partition coefficient (Wildman–Crippen LogP) is 1.98. The van der Waals surface area contributed by atoms with Crippen LogP contribution in [0.2, 0.25) is 0 Å². The van der Waals surface area contributed by atoms with E-state index in [1.54, 1.807) is 12.2 Å².